The molecule has 0 radical (unpaired) electrons. The lowest BCUT2D eigenvalue weighted by Gasteiger charge is -2.26. The normalized spacial score (nSPS) is 16.4. The summed E-state index contributed by atoms with van der Waals surface area (Å²) < 4.78 is 23.2. The second-order valence-corrected chi connectivity index (χ2v) is 7.47. The predicted octanol–water partition coefficient (Wildman–Crippen LogP) is 3.90. The molecule has 0 saturated heterocycles. The van der Waals surface area contributed by atoms with Gasteiger partial charge in [0, 0.05) is 4.90 Å². The van der Waals surface area contributed by atoms with Crippen LogP contribution in [0.5, 0.6) is 0 Å². The van der Waals surface area contributed by atoms with Gasteiger partial charge in [0.2, 0.25) is 0 Å². The zero-order valence-corrected chi connectivity index (χ0v) is 13.4. The van der Waals surface area contributed by atoms with Crippen LogP contribution < -0.4 is 0 Å². The number of hydrogen-bond donors (Lipinski definition) is 1. The number of alkyl halides is 3. The van der Waals surface area contributed by atoms with Crippen molar-refractivity contribution < 1.29 is 13.7 Å². The van der Waals surface area contributed by atoms with E-state index < -0.39 is 26.7 Å². The number of hydrogen-bond acceptors (Lipinski definition) is 2. The molecule has 6 heteroatoms. The van der Waals surface area contributed by atoms with Crippen LogP contribution >= 0.6 is 23.2 Å². The number of aryl methyl sites for hydroxylation is 1. The Balaban J connectivity index is 3.00. The molecule has 0 amide bonds. The van der Waals surface area contributed by atoms with E-state index in [9.17, 15) is 13.7 Å². The molecular formula is C14H17Cl2FO2S. The second kappa shape index (κ2) is 7.55. The highest BCUT2D eigenvalue weighted by molar-refractivity contribution is 7.85. The Kier molecular flexibility index (Phi) is 6.65. The third-order valence-electron chi connectivity index (χ3n) is 2.87. The molecular weight excluding hydrogens is 322 g/mol. The average molecular weight is 339 g/mol. The van der Waals surface area contributed by atoms with Gasteiger partial charge in [-0.3, -0.25) is 4.21 Å². The molecule has 1 rings (SSSR count). The fourth-order valence-electron chi connectivity index (χ4n) is 1.72. The maximum atomic E-state index is 13.5. The van der Waals surface area contributed by atoms with Crippen LogP contribution in [-0.4, -0.2) is 25.3 Å². The van der Waals surface area contributed by atoms with E-state index in [1.807, 2.05) is 6.92 Å². The van der Waals surface area contributed by atoms with Crippen LogP contribution in [0.3, 0.4) is 0 Å². The minimum Gasteiger partial charge on any atom is -0.386 e. The molecule has 0 saturated carbocycles. The molecule has 0 bridgehead atoms. The molecule has 3 atom stereocenters. The lowest BCUT2D eigenvalue weighted by Crippen LogP contribution is -2.40. The summed E-state index contributed by atoms with van der Waals surface area (Å²) in [5.41, 5.74) is 1.02. The molecule has 1 N–H and O–H groups in total. The monoisotopic (exact) mass is 338 g/mol. The minimum atomic E-state index is -2.84. The van der Waals surface area contributed by atoms with Gasteiger partial charge in [-0.2, -0.15) is 0 Å². The van der Waals surface area contributed by atoms with E-state index in [4.69, 9.17) is 23.2 Å². The molecule has 0 aliphatic carbocycles. The molecule has 20 heavy (non-hydrogen) atoms. The van der Waals surface area contributed by atoms with Crippen molar-refractivity contribution >= 4 is 34.0 Å². The van der Waals surface area contributed by atoms with Crippen LogP contribution in [-0.2, 0) is 10.8 Å². The summed E-state index contributed by atoms with van der Waals surface area (Å²) in [6.45, 7) is 5.46. The third kappa shape index (κ3) is 4.85. The summed E-state index contributed by atoms with van der Waals surface area (Å²) >= 11 is 10.6. The van der Waals surface area contributed by atoms with Gasteiger partial charge in [0.15, 0.2) is 0 Å². The first kappa shape index (κ1) is 17.6. The molecule has 0 aromatic heterocycles. The SMILES string of the molecule is C=CCC[C@H]([C@@H](O)C(F)(Cl)Cl)[S@@](=O)c1ccc(C)cc1. The number of aliphatic hydroxyl groups is 1. The molecule has 0 fully saturated rings. The number of halogens is 3. The fraction of sp³-hybridized carbons (Fsp3) is 0.429. The van der Waals surface area contributed by atoms with Crippen molar-refractivity contribution in [2.45, 2.75) is 40.6 Å². The lowest BCUT2D eigenvalue weighted by molar-refractivity contribution is 0.0920. The zero-order valence-electron chi connectivity index (χ0n) is 11.1. The number of benzene rings is 1. The Labute approximate surface area is 131 Å². The standard InChI is InChI=1S/C14H17Cl2FO2S/c1-3-4-5-12(13(18)14(15,16)17)20(19)11-8-6-10(2)7-9-11/h3,6-9,12-13,18H,1,4-5H2,2H3/t12-,13-,20+/m1/s1. The van der Waals surface area contributed by atoms with Crippen molar-refractivity contribution in [3.8, 4) is 0 Å². The molecule has 0 aliphatic rings. The highest BCUT2D eigenvalue weighted by Gasteiger charge is 2.41. The van der Waals surface area contributed by atoms with Gasteiger partial charge in [-0.1, -0.05) is 47.0 Å². The van der Waals surface area contributed by atoms with Crippen molar-refractivity contribution in [1.82, 2.24) is 0 Å². The summed E-state index contributed by atoms with van der Waals surface area (Å²) in [6.07, 6.45) is 0.612. The summed E-state index contributed by atoms with van der Waals surface area (Å²) in [6, 6.07) is 6.96. The Bertz CT molecular complexity index is 471. The average Bonchev–Trinajstić information content (AvgIpc) is 2.38. The van der Waals surface area contributed by atoms with Crippen molar-refractivity contribution in [1.29, 1.82) is 0 Å². The van der Waals surface area contributed by atoms with Crippen LogP contribution in [0.15, 0.2) is 41.8 Å². The van der Waals surface area contributed by atoms with Crippen molar-refractivity contribution in [3.63, 3.8) is 0 Å². The van der Waals surface area contributed by atoms with E-state index in [1.54, 1.807) is 30.3 Å². The summed E-state index contributed by atoms with van der Waals surface area (Å²) in [5, 5.41) is 8.99. The Morgan fingerprint density at radius 1 is 1.45 bits per heavy atom. The third-order valence-corrected chi connectivity index (χ3v) is 5.10. The largest absolute Gasteiger partial charge is 0.386 e. The van der Waals surface area contributed by atoms with Gasteiger partial charge in [-0.05, 0) is 31.9 Å². The van der Waals surface area contributed by atoms with E-state index in [1.165, 1.54) is 0 Å². The molecule has 1 aromatic carbocycles. The van der Waals surface area contributed by atoms with Crippen LogP contribution in [0.1, 0.15) is 18.4 Å². The van der Waals surface area contributed by atoms with E-state index in [-0.39, 0.29) is 6.42 Å². The molecule has 2 nitrogen and oxygen atoms in total. The topological polar surface area (TPSA) is 37.3 Å². The number of rotatable bonds is 7. The van der Waals surface area contributed by atoms with Gasteiger partial charge in [0.1, 0.15) is 6.10 Å². The summed E-state index contributed by atoms with van der Waals surface area (Å²) in [7, 11) is -1.61. The Morgan fingerprint density at radius 2 is 2.00 bits per heavy atom. The first-order chi connectivity index (χ1) is 9.27. The maximum Gasteiger partial charge on any atom is 0.284 e. The first-order valence-corrected chi connectivity index (χ1v) is 8.07. The second-order valence-electron chi connectivity index (χ2n) is 4.50. The van der Waals surface area contributed by atoms with Crippen molar-refractivity contribution in [2.24, 2.45) is 0 Å². The van der Waals surface area contributed by atoms with Crippen molar-refractivity contribution in [3.05, 3.63) is 42.5 Å². The highest BCUT2D eigenvalue weighted by atomic mass is 35.5. The van der Waals surface area contributed by atoms with Gasteiger partial charge >= 0.3 is 0 Å². The van der Waals surface area contributed by atoms with Gasteiger partial charge in [0.05, 0.1) is 16.0 Å². The predicted molar refractivity (Wildman–Crippen MR) is 82.4 cm³/mol. The van der Waals surface area contributed by atoms with E-state index >= 15 is 0 Å². The zero-order chi connectivity index (χ0) is 15.3. The molecule has 0 heterocycles. The van der Waals surface area contributed by atoms with Crippen LogP contribution in [0.4, 0.5) is 4.39 Å². The number of aliphatic hydroxyl groups excluding tert-OH is 1. The van der Waals surface area contributed by atoms with Gasteiger partial charge in [0.25, 0.3) is 4.59 Å². The van der Waals surface area contributed by atoms with Crippen LogP contribution in [0.2, 0.25) is 0 Å². The molecule has 1 aromatic rings. The van der Waals surface area contributed by atoms with E-state index in [2.05, 4.69) is 6.58 Å². The first-order valence-electron chi connectivity index (χ1n) is 6.10. The quantitative estimate of drug-likeness (QED) is 0.604. The van der Waals surface area contributed by atoms with Crippen LogP contribution in [0.25, 0.3) is 0 Å². The molecule has 0 unspecified atom stereocenters. The Morgan fingerprint density at radius 3 is 2.45 bits per heavy atom. The number of allylic oxidation sites excluding steroid dienone is 1. The highest BCUT2D eigenvalue weighted by Crippen LogP contribution is 2.33. The maximum absolute atomic E-state index is 13.5. The molecule has 0 aliphatic heterocycles. The van der Waals surface area contributed by atoms with Gasteiger partial charge in [-0.15, -0.1) is 6.58 Å². The van der Waals surface area contributed by atoms with Crippen LogP contribution in [0, 0.1) is 6.92 Å². The van der Waals surface area contributed by atoms with Crippen molar-refractivity contribution in [2.75, 3.05) is 0 Å². The molecule has 0 spiro atoms. The van der Waals surface area contributed by atoms with Gasteiger partial charge < -0.3 is 5.11 Å². The summed E-state index contributed by atoms with van der Waals surface area (Å²) in [4.78, 5) is 0.501. The summed E-state index contributed by atoms with van der Waals surface area (Å²) in [5.74, 6) is 0. The minimum absolute atomic E-state index is 0.274. The van der Waals surface area contributed by atoms with E-state index in [0.29, 0.717) is 11.3 Å². The smallest absolute Gasteiger partial charge is 0.284 e. The fourth-order valence-corrected chi connectivity index (χ4v) is 3.70. The lowest BCUT2D eigenvalue weighted by atomic mass is 10.1. The van der Waals surface area contributed by atoms with E-state index in [0.717, 1.165) is 5.56 Å². The molecule has 112 valence electrons. The Hall–Kier alpha value is -0.420. The van der Waals surface area contributed by atoms with Gasteiger partial charge in [-0.25, -0.2) is 4.39 Å².